The van der Waals surface area contributed by atoms with Gasteiger partial charge >= 0.3 is 0 Å². The van der Waals surface area contributed by atoms with E-state index in [2.05, 4.69) is 4.90 Å². The Bertz CT molecular complexity index is 627. The number of nitrogens with zero attached hydrogens (tertiary/aromatic N) is 2. The summed E-state index contributed by atoms with van der Waals surface area (Å²) in [6, 6.07) is 8.04. The largest absolute Gasteiger partial charge is 0.497 e. The van der Waals surface area contributed by atoms with Crippen LogP contribution in [0.1, 0.15) is 31.2 Å². The van der Waals surface area contributed by atoms with E-state index in [0.717, 1.165) is 50.3 Å². The van der Waals surface area contributed by atoms with E-state index in [0.29, 0.717) is 24.3 Å². The molecule has 1 aromatic rings. The molecule has 1 N–H and O–H groups in total. The average molecular weight is 358 g/mol. The number of fused-ring (bicyclic) bond motifs is 1. The van der Waals surface area contributed by atoms with Gasteiger partial charge in [0.1, 0.15) is 5.75 Å². The summed E-state index contributed by atoms with van der Waals surface area (Å²) in [6.07, 6.45) is 4.61. The first-order valence-electron chi connectivity index (χ1n) is 9.97. The number of methoxy groups -OCH3 is 1. The average Bonchev–Trinajstić information content (AvgIpc) is 3.31. The molecular formula is C21H30N2O3. The fraction of sp³-hybridized carbons (Fsp3) is 0.667. The van der Waals surface area contributed by atoms with E-state index in [9.17, 15) is 9.90 Å². The van der Waals surface area contributed by atoms with Gasteiger partial charge in [0, 0.05) is 19.1 Å². The normalized spacial score (nSPS) is 31.8. The third-order valence-corrected chi connectivity index (χ3v) is 6.59. The maximum atomic E-state index is 12.8. The van der Waals surface area contributed by atoms with Crippen LogP contribution in [0.2, 0.25) is 0 Å². The SMILES string of the molecule is COc1ccc(CC(=O)N2C[C@H]3C[C@@H](N4CCCC4)[C@H](O)C[C@H]3C2)cc1. The highest BCUT2D eigenvalue weighted by molar-refractivity contribution is 5.79. The van der Waals surface area contributed by atoms with Gasteiger partial charge < -0.3 is 14.7 Å². The van der Waals surface area contributed by atoms with Crippen molar-refractivity contribution >= 4 is 5.91 Å². The van der Waals surface area contributed by atoms with Crippen LogP contribution >= 0.6 is 0 Å². The van der Waals surface area contributed by atoms with Crippen molar-refractivity contribution in [2.24, 2.45) is 11.8 Å². The summed E-state index contributed by atoms with van der Waals surface area (Å²) in [7, 11) is 1.65. The molecule has 0 aromatic heterocycles. The lowest BCUT2D eigenvalue weighted by Gasteiger charge is -2.40. The standard InChI is InChI=1S/C21H30N2O3/c1-26-18-6-4-15(5-7-18)10-21(25)23-13-16-11-19(22-8-2-3-9-22)20(24)12-17(16)14-23/h4-7,16-17,19-20,24H,2-3,8-14H2,1H3/t16-,17+,19-,20-/m1/s1. The molecule has 5 heteroatoms. The molecule has 0 bridgehead atoms. The monoisotopic (exact) mass is 358 g/mol. The first kappa shape index (κ1) is 17.8. The first-order valence-corrected chi connectivity index (χ1v) is 9.97. The van der Waals surface area contributed by atoms with E-state index in [4.69, 9.17) is 4.74 Å². The zero-order chi connectivity index (χ0) is 18.1. The van der Waals surface area contributed by atoms with Crippen molar-refractivity contribution in [3.05, 3.63) is 29.8 Å². The smallest absolute Gasteiger partial charge is 0.227 e. The molecule has 142 valence electrons. The number of ether oxygens (including phenoxy) is 1. The van der Waals surface area contributed by atoms with E-state index in [1.165, 1.54) is 12.8 Å². The molecule has 3 aliphatic rings. The predicted molar refractivity (Wildman–Crippen MR) is 100 cm³/mol. The Morgan fingerprint density at radius 2 is 1.77 bits per heavy atom. The Morgan fingerprint density at radius 1 is 1.12 bits per heavy atom. The minimum Gasteiger partial charge on any atom is -0.497 e. The molecule has 1 saturated carbocycles. The second-order valence-electron chi connectivity index (χ2n) is 8.19. The highest BCUT2D eigenvalue weighted by atomic mass is 16.5. The van der Waals surface area contributed by atoms with Gasteiger partial charge in [-0.2, -0.15) is 0 Å². The fourth-order valence-corrected chi connectivity index (χ4v) is 5.11. The molecule has 2 aliphatic heterocycles. The Hall–Kier alpha value is -1.59. The zero-order valence-electron chi connectivity index (χ0n) is 15.6. The van der Waals surface area contributed by atoms with Crippen LogP contribution < -0.4 is 4.74 Å². The van der Waals surface area contributed by atoms with Crippen LogP contribution in [-0.4, -0.2) is 66.2 Å². The van der Waals surface area contributed by atoms with Gasteiger partial charge in [-0.1, -0.05) is 12.1 Å². The highest BCUT2D eigenvalue weighted by Gasteiger charge is 2.44. The number of rotatable bonds is 4. The van der Waals surface area contributed by atoms with Gasteiger partial charge in [-0.15, -0.1) is 0 Å². The Morgan fingerprint density at radius 3 is 2.42 bits per heavy atom. The van der Waals surface area contributed by atoms with Crippen LogP contribution in [0.5, 0.6) is 5.75 Å². The third-order valence-electron chi connectivity index (χ3n) is 6.59. The van der Waals surface area contributed by atoms with Gasteiger partial charge in [-0.05, 0) is 68.3 Å². The second kappa shape index (κ2) is 7.57. The molecule has 2 heterocycles. The lowest BCUT2D eigenvalue weighted by Crippen LogP contribution is -2.48. The number of amides is 1. The lowest BCUT2D eigenvalue weighted by atomic mass is 9.77. The van der Waals surface area contributed by atoms with Gasteiger partial charge in [0.25, 0.3) is 0 Å². The molecule has 0 unspecified atom stereocenters. The van der Waals surface area contributed by atoms with Crippen LogP contribution in [0.15, 0.2) is 24.3 Å². The number of aliphatic hydroxyl groups is 1. The lowest BCUT2D eigenvalue weighted by molar-refractivity contribution is -0.129. The second-order valence-corrected chi connectivity index (χ2v) is 8.19. The number of carbonyl (C=O) groups is 1. The summed E-state index contributed by atoms with van der Waals surface area (Å²) >= 11 is 0. The molecule has 4 atom stereocenters. The number of carbonyl (C=O) groups excluding carboxylic acids is 1. The Kier molecular flexibility index (Phi) is 5.18. The summed E-state index contributed by atoms with van der Waals surface area (Å²) in [5, 5.41) is 10.6. The van der Waals surface area contributed by atoms with Crippen molar-refractivity contribution in [1.29, 1.82) is 0 Å². The van der Waals surface area contributed by atoms with E-state index in [1.807, 2.05) is 29.2 Å². The van der Waals surface area contributed by atoms with E-state index < -0.39 is 0 Å². The summed E-state index contributed by atoms with van der Waals surface area (Å²) in [5.74, 6) is 2.03. The predicted octanol–water partition coefficient (Wildman–Crippen LogP) is 1.93. The van der Waals surface area contributed by atoms with Crippen LogP contribution in [0.4, 0.5) is 0 Å². The van der Waals surface area contributed by atoms with Crippen molar-refractivity contribution in [1.82, 2.24) is 9.80 Å². The maximum Gasteiger partial charge on any atom is 0.227 e. The number of hydrogen-bond acceptors (Lipinski definition) is 4. The first-order chi connectivity index (χ1) is 12.6. The van der Waals surface area contributed by atoms with E-state index in [-0.39, 0.29) is 12.0 Å². The summed E-state index contributed by atoms with van der Waals surface area (Å²) in [6.45, 7) is 3.92. The molecule has 2 saturated heterocycles. The van der Waals surface area contributed by atoms with Crippen molar-refractivity contribution < 1.29 is 14.6 Å². The van der Waals surface area contributed by atoms with Gasteiger partial charge in [-0.3, -0.25) is 9.69 Å². The highest BCUT2D eigenvalue weighted by Crippen LogP contribution is 2.39. The van der Waals surface area contributed by atoms with Gasteiger partial charge in [0.15, 0.2) is 0 Å². The van der Waals surface area contributed by atoms with Crippen molar-refractivity contribution in [3.8, 4) is 5.75 Å². The van der Waals surface area contributed by atoms with Crippen LogP contribution in [0.3, 0.4) is 0 Å². The maximum absolute atomic E-state index is 12.8. The van der Waals surface area contributed by atoms with E-state index in [1.54, 1.807) is 7.11 Å². The minimum atomic E-state index is -0.231. The summed E-state index contributed by atoms with van der Waals surface area (Å²) in [5.41, 5.74) is 1.03. The van der Waals surface area contributed by atoms with Crippen molar-refractivity contribution in [2.45, 2.75) is 44.2 Å². The molecule has 3 fully saturated rings. The molecule has 0 radical (unpaired) electrons. The number of aliphatic hydroxyl groups excluding tert-OH is 1. The fourth-order valence-electron chi connectivity index (χ4n) is 5.11. The number of benzene rings is 1. The molecule has 0 spiro atoms. The zero-order valence-corrected chi connectivity index (χ0v) is 15.6. The van der Waals surface area contributed by atoms with Crippen LogP contribution in [0, 0.1) is 11.8 Å². The van der Waals surface area contributed by atoms with Crippen molar-refractivity contribution in [3.63, 3.8) is 0 Å². The number of hydrogen-bond donors (Lipinski definition) is 1. The van der Waals surface area contributed by atoms with Crippen LogP contribution in [0.25, 0.3) is 0 Å². The topological polar surface area (TPSA) is 53.0 Å². The third kappa shape index (κ3) is 3.60. The molecular weight excluding hydrogens is 328 g/mol. The molecule has 1 aromatic carbocycles. The molecule has 1 amide bonds. The summed E-state index contributed by atoms with van der Waals surface area (Å²) in [4.78, 5) is 17.3. The number of likely N-dealkylation sites (tertiary alicyclic amines) is 2. The molecule has 1 aliphatic carbocycles. The van der Waals surface area contributed by atoms with Gasteiger partial charge in [-0.25, -0.2) is 0 Å². The van der Waals surface area contributed by atoms with Gasteiger partial charge in [0.05, 0.1) is 19.6 Å². The molecule has 26 heavy (non-hydrogen) atoms. The molecule has 4 rings (SSSR count). The molecule has 5 nitrogen and oxygen atoms in total. The Balaban J connectivity index is 1.35. The quantitative estimate of drug-likeness (QED) is 0.894. The summed E-state index contributed by atoms with van der Waals surface area (Å²) < 4.78 is 5.18. The minimum absolute atomic E-state index is 0.205. The van der Waals surface area contributed by atoms with Crippen molar-refractivity contribution in [2.75, 3.05) is 33.3 Å². The Labute approximate surface area is 155 Å². The van der Waals surface area contributed by atoms with Gasteiger partial charge in [0.2, 0.25) is 5.91 Å². The van der Waals surface area contributed by atoms with E-state index >= 15 is 0 Å². The van der Waals surface area contributed by atoms with Crippen LogP contribution in [-0.2, 0) is 11.2 Å².